The second-order valence-corrected chi connectivity index (χ2v) is 4.27. The van der Waals surface area contributed by atoms with E-state index in [1.54, 1.807) is 0 Å². The molecule has 0 aromatic rings. The second kappa shape index (κ2) is 7.20. The Labute approximate surface area is 93.4 Å². The fourth-order valence-electron chi connectivity index (χ4n) is 2.33. The molecule has 0 aliphatic carbocycles. The summed E-state index contributed by atoms with van der Waals surface area (Å²) in [5.74, 6) is 0. The molecule has 0 amide bonds. The van der Waals surface area contributed by atoms with E-state index in [4.69, 9.17) is 4.74 Å². The Balaban J connectivity index is 2.35. The van der Waals surface area contributed by atoms with Crippen molar-refractivity contribution in [2.75, 3.05) is 26.3 Å². The van der Waals surface area contributed by atoms with Crippen LogP contribution < -0.4 is 0 Å². The molecular formula is C12H25NO2. The average molecular weight is 215 g/mol. The van der Waals surface area contributed by atoms with Gasteiger partial charge in [-0.1, -0.05) is 13.3 Å². The highest BCUT2D eigenvalue weighted by Gasteiger charge is 2.27. The molecule has 0 radical (unpaired) electrons. The molecule has 0 unspecified atom stereocenters. The fraction of sp³-hybridized carbons (Fsp3) is 1.00. The topological polar surface area (TPSA) is 32.7 Å². The van der Waals surface area contributed by atoms with Gasteiger partial charge in [-0.25, -0.2) is 0 Å². The van der Waals surface area contributed by atoms with Crippen LogP contribution in [0.15, 0.2) is 0 Å². The lowest BCUT2D eigenvalue weighted by atomic mass is 9.96. The first-order valence-corrected chi connectivity index (χ1v) is 6.29. The molecule has 1 aliphatic heterocycles. The molecule has 90 valence electrons. The number of hydrogen-bond acceptors (Lipinski definition) is 3. The first-order chi connectivity index (χ1) is 7.29. The third-order valence-electron chi connectivity index (χ3n) is 3.25. The summed E-state index contributed by atoms with van der Waals surface area (Å²) in [6, 6.07) is 0.365. The van der Waals surface area contributed by atoms with Gasteiger partial charge in [-0.05, 0) is 32.7 Å². The molecule has 15 heavy (non-hydrogen) atoms. The summed E-state index contributed by atoms with van der Waals surface area (Å²) in [6.45, 7) is 7.75. The molecule has 0 saturated carbocycles. The Kier molecular flexibility index (Phi) is 6.22. The third-order valence-corrected chi connectivity index (χ3v) is 3.25. The summed E-state index contributed by atoms with van der Waals surface area (Å²) in [5, 5.41) is 9.93. The number of ether oxygens (including phenoxy) is 1. The quantitative estimate of drug-likeness (QED) is 0.684. The van der Waals surface area contributed by atoms with Crippen molar-refractivity contribution in [2.45, 2.75) is 51.7 Å². The molecule has 1 saturated heterocycles. The van der Waals surface area contributed by atoms with Crippen molar-refractivity contribution < 1.29 is 9.84 Å². The number of aliphatic hydroxyl groups excluding tert-OH is 1. The maximum absolute atomic E-state index is 9.93. The second-order valence-electron chi connectivity index (χ2n) is 4.27. The summed E-state index contributed by atoms with van der Waals surface area (Å²) in [4.78, 5) is 2.40. The molecule has 3 heteroatoms. The van der Waals surface area contributed by atoms with Gasteiger partial charge >= 0.3 is 0 Å². The number of nitrogens with zero attached hydrogens (tertiary/aromatic N) is 1. The molecule has 3 nitrogen and oxygen atoms in total. The van der Waals surface area contributed by atoms with Crippen molar-refractivity contribution in [3.05, 3.63) is 0 Å². The molecule has 1 N–H and O–H groups in total. The maximum atomic E-state index is 9.93. The SMILES string of the molecule is CCOCCN1CCCC[C@@H]1[C@@H](O)CC. The van der Waals surface area contributed by atoms with Gasteiger partial charge < -0.3 is 9.84 Å². The van der Waals surface area contributed by atoms with E-state index in [-0.39, 0.29) is 6.10 Å². The third kappa shape index (κ3) is 4.09. The zero-order valence-electron chi connectivity index (χ0n) is 10.1. The van der Waals surface area contributed by atoms with Crippen LogP contribution in [-0.2, 0) is 4.74 Å². The van der Waals surface area contributed by atoms with E-state index in [2.05, 4.69) is 11.8 Å². The molecule has 0 aromatic carbocycles. The highest BCUT2D eigenvalue weighted by Crippen LogP contribution is 2.20. The molecular weight excluding hydrogens is 190 g/mol. The van der Waals surface area contributed by atoms with E-state index in [0.29, 0.717) is 6.04 Å². The Morgan fingerprint density at radius 2 is 2.20 bits per heavy atom. The van der Waals surface area contributed by atoms with Gasteiger partial charge in [0.25, 0.3) is 0 Å². The van der Waals surface area contributed by atoms with Crippen LogP contribution in [0.5, 0.6) is 0 Å². The van der Waals surface area contributed by atoms with E-state index >= 15 is 0 Å². The van der Waals surface area contributed by atoms with E-state index in [0.717, 1.165) is 39.1 Å². The van der Waals surface area contributed by atoms with Crippen LogP contribution in [0.2, 0.25) is 0 Å². The highest BCUT2D eigenvalue weighted by atomic mass is 16.5. The summed E-state index contributed by atoms with van der Waals surface area (Å²) in [7, 11) is 0. The van der Waals surface area contributed by atoms with Crippen LogP contribution >= 0.6 is 0 Å². The summed E-state index contributed by atoms with van der Waals surface area (Å²) in [5.41, 5.74) is 0. The summed E-state index contributed by atoms with van der Waals surface area (Å²) < 4.78 is 5.37. The first-order valence-electron chi connectivity index (χ1n) is 6.29. The number of rotatable bonds is 6. The van der Waals surface area contributed by atoms with Gasteiger partial charge in [-0.15, -0.1) is 0 Å². The van der Waals surface area contributed by atoms with Gasteiger partial charge in [0.05, 0.1) is 12.7 Å². The number of likely N-dealkylation sites (tertiary alicyclic amines) is 1. The van der Waals surface area contributed by atoms with E-state index in [1.807, 2.05) is 6.92 Å². The van der Waals surface area contributed by atoms with Gasteiger partial charge in [0, 0.05) is 19.2 Å². The highest BCUT2D eigenvalue weighted by molar-refractivity contribution is 4.82. The minimum atomic E-state index is -0.160. The van der Waals surface area contributed by atoms with Crippen LogP contribution in [-0.4, -0.2) is 48.5 Å². The minimum absolute atomic E-state index is 0.160. The average Bonchev–Trinajstić information content (AvgIpc) is 2.29. The fourth-order valence-corrected chi connectivity index (χ4v) is 2.33. The number of hydrogen-bond donors (Lipinski definition) is 1. The van der Waals surface area contributed by atoms with Crippen molar-refractivity contribution >= 4 is 0 Å². The molecule has 1 fully saturated rings. The Hall–Kier alpha value is -0.120. The van der Waals surface area contributed by atoms with Crippen molar-refractivity contribution in [3.8, 4) is 0 Å². The lowest BCUT2D eigenvalue weighted by Gasteiger charge is -2.38. The van der Waals surface area contributed by atoms with Crippen LogP contribution in [0, 0.1) is 0 Å². The standard InChI is InChI=1S/C12H25NO2/c1-3-12(14)11-7-5-6-8-13(11)9-10-15-4-2/h11-12,14H,3-10H2,1-2H3/t11-,12+/m1/s1. The van der Waals surface area contributed by atoms with Crippen molar-refractivity contribution in [1.82, 2.24) is 4.90 Å². The van der Waals surface area contributed by atoms with Gasteiger partial charge in [-0.3, -0.25) is 4.90 Å². The molecule has 0 spiro atoms. The molecule has 2 atom stereocenters. The van der Waals surface area contributed by atoms with E-state index in [1.165, 1.54) is 12.8 Å². The molecule has 0 bridgehead atoms. The molecule has 1 aliphatic rings. The van der Waals surface area contributed by atoms with E-state index < -0.39 is 0 Å². The summed E-state index contributed by atoms with van der Waals surface area (Å²) in [6.07, 6.45) is 4.36. The zero-order chi connectivity index (χ0) is 11.1. The van der Waals surface area contributed by atoms with Gasteiger partial charge in [0.2, 0.25) is 0 Å². The van der Waals surface area contributed by atoms with Crippen LogP contribution in [0.1, 0.15) is 39.5 Å². The normalized spacial score (nSPS) is 25.4. The zero-order valence-corrected chi connectivity index (χ0v) is 10.1. The largest absolute Gasteiger partial charge is 0.392 e. The maximum Gasteiger partial charge on any atom is 0.0692 e. The lowest BCUT2D eigenvalue weighted by molar-refractivity contribution is 0.00736. The number of piperidine rings is 1. The lowest BCUT2D eigenvalue weighted by Crippen LogP contribution is -2.47. The van der Waals surface area contributed by atoms with Gasteiger partial charge in [0.15, 0.2) is 0 Å². The van der Waals surface area contributed by atoms with Gasteiger partial charge in [0.1, 0.15) is 0 Å². The monoisotopic (exact) mass is 215 g/mol. The summed E-state index contributed by atoms with van der Waals surface area (Å²) >= 11 is 0. The van der Waals surface area contributed by atoms with Crippen LogP contribution in [0.3, 0.4) is 0 Å². The van der Waals surface area contributed by atoms with Crippen molar-refractivity contribution in [1.29, 1.82) is 0 Å². The molecule has 1 heterocycles. The predicted molar refractivity (Wildman–Crippen MR) is 62.0 cm³/mol. The first kappa shape index (κ1) is 12.9. The Morgan fingerprint density at radius 1 is 1.40 bits per heavy atom. The van der Waals surface area contributed by atoms with E-state index in [9.17, 15) is 5.11 Å². The number of aliphatic hydroxyl groups is 1. The van der Waals surface area contributed by atoms with Crippen molar-refractivity contribution in [2.24, 2.45) is 0 Å². The van der Waals surface area contributed by atoms with Gasteiger partial charge in [-0.2, -0.15) is 0 Å². The smallest absolute Gasteiger partial charge is 0.0692 e. The Bertz CT molecular complexity index is 164. The minimum Gasteiger partial charge on any atom is -0.392 e. The molecule has 1 rings (SSSR count). The van der Waals surface area contributed by atoms with Crippen molar-refractivity contribution in [3.63, 3.8) is 0 Å². The van der Waals surface area contributed by atoms with Crippen LogP contribution in [0.4, 0.5) is 0 Å². The Morgan fingerprint density at radius 3 is 2.87 bits per heavy atom. The van der Waals surface area contributed by atoms with Crippen LogP contribution in [0.25, 0.3) is 0 Å². The predicted octanol–water partition coefficient (Wildman–Crippen LogP) is 1.65. The molecule has 0 aromatic heterocycles.